The van der Waals surface area contributed by atoms with E-state index < -0.39 is 5.54 Å². The predicted octanol–water partition coefficient (Wildman–Crippen LogP) is 0.326. The fraction of sp³-hybridized carbons (Fsp3) is 0.917. The Balaban J connectivity index is 1.75. The van der Waals surface area contributed by atoms with E-state index in [1.165, 1.54) is 6.42 Å². The van der Waals surface area contributed by atoms with E-state index in [-0.39, 0.29) is 5.91 Å². The molecule has 1 saturated carbocycles. The molecule has 0 bridgehead atoms. The van der Waals surface area contributed by atoms with Crippen molar-refractivity contribution in [3.8, 4) is 0 Å². The molecule has 0 aromatic rings. The molecule has 0 radical (unpaired) electrons. The third-order valence-corrected chi connectivity index (χ3v) is 3.99. The second kappa shape index (κ2) is 4.72. The van der Waals surface area contributed by atoms with Gasteiger partial charge in [0.1, 0.15) is 0 Å². The molecule has 2 aliphatic rings. The van der Waals surface area contributed by atoms with Gasteiger partial charge in [0.25, 0.3) is 0 Å². The zero-order chi connectivity index (χ0) is 11.6. The highest BCUT2D eigenvalue weighted by atomic mass is 16.2. The number of rotatable bonds is 3. The maximum absolute atomic E-state index is 12.0. The maximum atomic E-state index is 12.0. The second-order valence-electron chi connectivity index (χ2n) is 5.49. The van der Waals surface area contributed by atoms with Gasteiger partial charge in [0, 0.05) is 13.1 Å². The second-order valence-corrected chi connectivity index (χ2v) is 5.49. The Kier molecular flexibility index (Phi) is 3.50. The van der Waals surface area contributed by atoms with Crippen LogP contribution in [0, 0.1) is 5.92 Å². The van der Waals surface area contributed by atoms with Crippen LogP contribution in [0.2, 0.25) is 0 Å². The Labute approximate surface area is 97.6 Å². The SMILES string of the molecule is CN1CCC(CNC(=O)C2(N)CCCC2)C1. The van der Waals surface area contributed by atoms with Crippen molar-refractivity contribution < 1.29 is 4.79 Å². The molecule has 92 valence electrons. The average molecular weight is 225 g/mol. The van der Waals surface area contributed by atoms with Gasteiger partial charge in [-0.2, -0.15) is 0 Å². The van der Waals surface area contributed by atoms with Gasteiger partial charge in [-0.25, -0.2) is 0 Å². The number of amides is 1. The van der Waals surface area contributed by atoms with Crippen molar-refractivity contribution in [2.45, 2.75) is 37.6 Å². The first-order valence-electron chi connectivity index (χ1n) is 6.36. The number of hydrogen-bond acceptors (Lipinski definition) is 3. The lowest BCUT2D eigenvalue weighted by Gasteiger charge is -2.23. The number of nitrogens with two attached hydrogens (primary N) is 1. The van der Waals surface area contributed by atoms with E-state index in [1.807, 2.05) is 0 Å². The van der Waals surface area contributed by atoms with E-state index in [9.17, 15) is 4.79 Å². The van der Waals surface area contributed by atoms with Gasteiger partial charge in [-0.3, -0.25) is 4.79 Å². The quantitative estimate of drug-likeness (QED) is 0.727. The first kappa shape index (κ1) is 11.9. The van der Waals surface area contributed by atoms with Crippen LogP contribution in [0.3, 0.4) is 0 Å². The average Bonchev–Trinajstić information content (AvgIpc) is 2.85. The first-order valence-corrected chi connectivity index (χ1v) is 6.36. The highest BCUT2D eigenvalue weighted by Crippen LogP contribution is 2.27. The highest BCUT2D eigenvalue weighted by Gasteiger charge is 2.37. The Morgan fingerprint density at radius 3 is 2.75 bits per heavy atom. The lowest BCUT2D eigenvalue weighted by molar-refractivity contribution is -0.126. The summed E-state index contributed by atoms with van der Waals surface area (Å²) in [5, 5.41) is 3.04. The van der Waals surface area contributed by atoms with Crippen LogP contribution in [-0.2, 0) is 4.79 Å². The molecular weight excluding hydrogens is 202 g/mol. The van der Waals surface area contributed by atoms with Crippen molar-refractivity contribution in [2.75, 3.05) is 26.7 Å². The number of hydrogen-bond donors (Lipinski definition) is 2. The molecule has 16 heavy (non-hydrogen) atoms. The monoisotopic (exact) mass is 225 g/mol. The fourth-order valence-corrected chi connectivity index (χ4v) is 2.84. The van der Waals surface area contributed by atoms with Crippen molar-refractivity contribution in [1.82, 2.24) is 10.2 Å². The van der Waals surface area contributed by atoms with Crippen LogP contribution in [0.25, 0.3) is 0 Å². The zero-order valence-corrected chi connectivity index (χ0v) is 10.2. The smallest absolute Gasteiger partial charge is 0.240 e. The normalized spacial score (nSPS) is 29.5. The van der Waals surface area contributed by atoms with Crippen LogP contribution in [0.15, 0.2) is 0 Å². The summed E-state index contributed by atoms with van der Waals surface area (Å²) in [6.07, 6.45) is 5.08. The molecule has 4 heteroatoms. The first-order chi connectivity index (χ1) is 7.60. The van der Waals surface area contributed by atoms with E-state index in [1.54, 1.807) is 0 Å². The van der Waals surface area contributed by atoms with E-state index in [2.05, 4.69) is 17.3 Å². The molecule has 1 amide bonds. The van der Waals surface area contributed by atoms with Crippen molar-refractivity contribution in [1.29, 1.82) is 0 Å². The molecular formula is C12H23N3O. The summed E-state index contributed by atoms with van der Waals surface area (Å²) in [5.74, 6) is 0.679. The van der Waals surface area contributed by atoms with Crippen LogP contribution in [-0.4, -0.2) is 43.0 Å². The molecule has 2 fully saturated rings. The molecule has 2 rings (SSSR count). The largest absolute Gasteiger partial charge is 0.354 e. The third-order valence-electron chi connectivity index (χ3n) is 3.99. The summed E-state index contributed by atoms with van der Waals surface area (Å²) in [7, 11) is 2.13. The Hall–Kier alpha value is -0.610. The molecule has 1 aliphatic heterocycles. The molecule has 1 saturated heterocycles. The fourth-order valence-electron chi connectivity index (χ4n) is 2.84. The van der Waals surface area contributed by atoms with Gasteiger partial charge in [-0.1, -0.05) is 12.8 Å². The molecule has 1 unspecified atom stereocenters. The zero-order valence-electron chi connectivity index (χ0n) is 10.2. The van der Waals surface area contributed by atoms with E-state index >= 15 is 0 Å². The maximum Gasteiger partial charge on any atom is 0.240 e. The minimum absolute atomic E-state index is 0.0690. The molecule has 1 aliphatic carbocycles. The van der Waals surface area contributed by atoms with Gasteiger partial charge >= 0.3 is 0 Å². The summed E-state index contributed by atoms with van der Waals surface area (Å²) in [6.45, 7) is 3.04. The third kappa shape index (κ3) is 2.55. The highest BCUT2D eigenvalue weighted by molar-refractivity contribution is 5.86. The summed E-state index contributed by atoms with van der Waals surface area (Å²) in [6, 6.07) is 0. The van der Waals surface area contributed by atoms with E-state index in [4.69, 9.17) is 5.73 Å². The Morgan fingerprint density at radius 2 is 2.19 bits per heavy atom. The van der Waals surface area contributed by atoms with Gasteiger partial charge in [0.05, 0.1) is 5.54 Å². The number of carbonyl (C=O) groups excluding carboxylic acids is 1. The Morgan fingerprint density at radius 1 is 1.50 bits per heavy atom. The van der Waals surface area contributed by atoms with Crippen LogP contribution < -0.4 is 11.1 Å². The van der Waals surface area contributed by atoms with Crippen molar-refractivity contribution in [3.63, 3.8) is 0 Å². The van der Waals surface area contributed by atoms with Crippen molar-refractivity contribution >= 4 is 5.91 Å². The summed E-state index contributed by atoms with van der Waals surface area (Å²) < 4.78 is 0. The van der Waals surface area contributed by atoms with E-state index in [0.29, 0.717) is 5.92 Å². The summed E-state index contributed by atoms with van der Waals surface area (Å²) in [5.41, 5.74) is 5.53. The summed E-state index contributed by atoms with van der Waals surface area (Å²) >= 11 is 0. The number of nitrogens with zero attached hydrogens (tertiary/aromatic N) is 1. The molecule has 1 heterocycles. The van der Waals surface area contributed by atoms with Gasteiger partial charge < -0.3 is 16.0 Å². The summed E-state index contributed by atoms with van der Waals surface area (Å²) in [4.78, 5) is 14.3. The molecule has 0 aromatic carbocycles. The topological polar surface area (TPSA) is 58.4 Å². The van der Waals surface area contributed by atoms with Gasteiger partial charge in [0.2, 0.25) is 5.91 Å². The number of likely N-dealkylation sites (tertiary alicyclic amines) is 1. The minimum Gasteiger partial charge on any atom is -0.354 e. The molecule has 4 nitrogen and oxygen atoms in total. The molecule has 1 atom stereocenters. The molecule has 0 spiro atoms. The lowest BCUT2D eigenvalue weighted by Crippen LogP contribution is -2.52. The van der Waals surface area contributed by atoms with E-state index in [0.717, 1.165) is 45.3 Å². The minimum atomic E-state index is -0.565. The number of carbonyl (C=O) groups is 1. The van der Waals surface area contributed by atoms with Gasteiger partial charge in [0.15, 0.2) is 0 Å². The van der Waals surface area contributed by atoms with Crippen molar-refractivity contribution in [3.05, 3.63) is 0 Å². The molecule has 3 N–H and O–H groups in total. The van der Waals surface area contributed by atoms with Crippen LogP contribution in [0.4, 0.5) is 0 Å². The lowest BCUT2D eigenvalue weighted by atomic mass is 9.97. The Bertz CT molecular complexity index is 261. The van der Waals surface area contributed by atoms with Gasteiger partial charge in [-0.05, 0) is 38.8 Å². The van der Waals surface area contributed by atoms with Crippen molar-refractivity contribution in [2.24, 2.45) is 11.7 Å². The molecule has 0 aromatic heterocycles. The predicted molar refractivity (Wildman–Crippen MR) is 64.0 cm³/mol. The van der Waals surface area contributed by atoms with Crippen LogP contribution >= 0.6 is 0 Å². The van der Waals surface area contributed by atoms with Gasteiger partial charge in [-0.15, -0.1) is 0 Å². The van der Waals surface area contributed by atoms with Crippen LogP contribution in [0.1, 0.15) is 32.1 Å². The van der Waals surface area contributed by atoms with Crippen LogP contribution in [0.5, 0.6) is 0 Å². The number of nitrogens with one attached hydrogen (secondary N) is 1. The standard InChI is InChI=1S/C12H23N3O/c1-15-7-4-10(9-15)8-14-11(16)12(13)5-2-3-6-12/h10H,2-9,13H2,1H3,(H,14,16).